The quantitative estimate of drug-likeness (QED) is 0.585. The largest absolute Gasteiger partial charge is 0.459 e. The van der Waals surface area contributed by atoms with E-state index in [1.807, 2.05) is 26.0 Å². The van der Waals surface area contributed by atoms with Crippen LogP contribution < -0.4 is 5.32 Å². The number of nitrogens with zero attached hydrogens (tertiary/aromatic N) is 1. The SMILES string of the molecule is Cc1ccc(CN(C)C(=O)COC(=O)c2ccccc2NC(=O)c2ccco2)c(C)c1. The summed E-state index contributed by atoms with van der Waals surface area (Å²) in [7, 11) is 1.66. The number of likely N-dealkylation sites (N-methyl/N-ethyl adjacent to an activating group) is 1. The van der Waals surface area contributed by atoms with Gasteiger partial charge in [0.15, 0.2) is 12.4 Å². The van der Waals surface area contributed by atoms with Crippen molar-refractivity contribution in [1.29, 1.82) is 0 Å². The third-order valence-electron chi connectivity index (χ3n) is 4.80. The van der Waals surface area contributed by atoms with Gasteiger partial charge in [0.25, 0.3) is 11.8 Å². The van der Waals surface area contributed by atoms with Gasteiger partial charge >= 0.3 is 5.97 Å². The molecule has 0 aliphatic rings. The Morgan fingerprint density at radius 2 is 1.81 bits per heavy atom. The third kappa shape index (κ3) is 5.60. The first kappa shape index (κ1) is 21.8. The summed E-state index contributed by atoms with van der Waals surface area (Å²) in [5.41, 5.74) is 3.69. The molecule has 3 rings (SSSR count). The second kappa shape index (κ2) is 9.75. The van der Waals surface area contributed by atoms with Crippen molar-refractivity contribution in [2.75, 3.05) is 19.0 Å². The van der Waals surface area contributed by atoms with Gasteiger partial charge in [-0.3, -0.25) is 9.59 Å². The van der Waals surface area contributed by atoms with Gasteiger partial charge in [-0.2, -0.15) is 0 Å². The van der Waals surface area contributed by atoms with Crippen LogP contribution in [0.1, 0.15) is 37.6 Å². The van der Waals surface area contributed by atoms with E-state index in [4.69, 9.17) is 9.15 Å². The topological polar surface area (TPSA) is 88.9 Å². The highest BCUT2D eigenvalue weighted by Crippen LogP contribution is 2.18. The van der Waals surface area contributed by atoms with Gasteiger partial charge in [-0.05, 0) is 49.2 Å². The predicted molar refractivity (Wildman–Crippen MR) is 116 cm³/mol. The molecular formula is C24H24N2O5. The lowest BCUT2D eigenvalue weighted by atomic mass is 10.1. The van der Waals surface area contributed by atoms with Gasteiger partial charge in [0.05, 0.1) is 17.5 Å². The van der Waals surface area contributed by atoms with Crippen molar-refractivity contribution in [1.82, 2.24) is 4.90 Å². The Morgan fingerprint density at radius 3 is 2.52 bits per heavy atom. The maximum Gasteiger partial charge on any atom is 0.340 e. The fourth-order valence-electron chi connectivity index (χ4n) is 3.04. The van der Waals surface area contributed by atoms with E-state index in [0.29, 0.717) is 6.54 Å². The molecular weight excluding hydrogens is 396 g/mol. The van der Waals surface area contributed by atoms with Gasteiger partial charge < -0.3 is 19.4 Å². The Morgan fingerprint density at radius 1 is 1.03 bits per heavy atom. The number of furan rings is 1. The van der Waals surface area contributed by atoms with Gasteiger partial charge in [-0.25, -0.2) is 4.79 Å². The minimum absolute atomic E-state index is 0.117. The first-order valence-electron chi connectivity index (χ1n) is 9.76. The van der Waals surface area contributed by atoms with E-state index in [1.54, 1.807) is 31.3 Å². The average molecular weight is 420 g/mol. The van der Waals surface area contributed by atoms with Crippen LogP contribution in [0.25, 0.3) is 0 Å². The van der Waals surface area contributed by atoms with Crippen molar-refractivity contribution >= 4 is 23.5 Å². The number of rotatable bonds is 7. The molecule has 2 amide bonds. The lowest BCUT2D eigenvalue weighted by Gasteiger charge is -2.19. The average Bonchev–Trinajstić information content (AvgIpc) is 3.29. The van der Waals surface area contributed by atoms with Crippen LogP contribution in [-0.2, 0) is 16.1 Å². The van der Waals surface area contributed by atoms with Crippen LogP contribution in [0.15, 0.2) is 65.3 Å². The molecule has 0 saturated heterocycles. The smallest absolute Gasteiger partial charge is 0.340 e. The molecule has 0 aliphatic heterocycles. The van der Waals surface area contributed by atoms with Crippen LogP contribution in [0.2, 0.25) is 0 Å². The van der Waals surface area contributed by atoms with Crippen LogP contribution in [-0.4, -0.2) is 36.3 Å². The van der Waals surface area contributed by atoms with Gasteiger partial charge in [-0.1, -0.05) is 35.9 Å². The van der Waals surface area contributed by atoms with Crippen LogP contribution in [0.3, 0.4) is 0 Å². The number of hydrogen-bond donors (Lipinski definition) is 1. The molecule has 2 aromatic carbocycles. The molecule has 7 heteroatoms. The summed E-state index contributed by atoms with van der Waals surface area (Å²) in [6, 6.07) is 15.6. The van der Waals surface area contributed by atoms with Crippen LogP contribution in [0.4, 0.5) is 5.69 Å². The second-order valence-electron chi connectivity index (χ2n) is 7.23. The maximum atomic E-state index is 12.5. The van der Waals surface area contributed by atoms with Crippen molar-refractivity contribution in [2.24, 2.45) is 0 Å². The van der Waals surface area contributed by atoms with Gasteiger partial charge in [0.1, 0.15) is 0 Å². The highest BCUT2D eigenvalue weighted by atomic mass is 16.5. The minimum Gasteiger partial charge on any atom is -0.459 e. The summed E-state index contributed by atoms with van der Waals surface area (Å²) in [5.74, 6) is -1.41. The molecule has 0 unspecified atom stereocenters. The van der Waals surface area contributed by atoms with Crippen molar-refractivity contribution in [3.8, 4) is 0 Å². The van der Waals surface area contributed by atoms with Gasteiger partial charge in [-0.15, -0.1) is 0 Å². The molecule has 160 valence electrons. The Hall–Kier alpha value is -3.87. The molecule has 31 heavy (non-hydrogen) atoms. The van der Waals surface area contributed by atoms with Crippen molar-refractivity contribution in [3.63, 3.8) is 0 Å². The molecule has 3 aromatic rings. The minimum atomic E-state index is -0.705. The molecule has 0 saturated carbocycles. The van der Waals surface area contributed by atoms with Crippen molar-refractivity contribution in [2.45, 2.75) is 20.4 Å². The number of carbonyl (C=O) groups excluding carboxylic acids is 3. The fourth-order valence-corrected chi connectivity index (χ4v) is 3.04. The van der Waals surface area contributed by atoms with E-state index in [1.165, 1.54) is 23.3 Å². The number of benzene rings is 2. The summed E-state index contributed by atoms with van der Waals surface area (Å²) in [6.07, 6.45) is 1.38. The molecule has 0 radical (unpaired) electrons. The zero-order chi connectivity index (χ0) is 22.4. The molecule has 1 heterocycles. The monoisotopic (exact) mass is 420 g/mol. The number of amides is 2. The Labute approximate surface area is 180 Å². The van der Waals surface area contributed by atoms with E-state index in [-0.39, 0.29) is 22.9 Å². The number of ether oxygens (including phenoxy) is 1. The predicted octanol–water partition coefficient (Wildman–Crippen LogP) is 3.96. The number of aryl methyl sites for hydroxylation is 2. The summed E-state index contributed by atoms with van der Waals surface area (Å²) in [6.45, 7) is 4.02. The zero-order valence-corrected chi connectivity index (χ0v) is 17.7. The molecule has 7 nitrogen and oxygen atoms in total. The van der Waals surface area contributed by atoms with E-state index in [9.17, 15) is 14.4 Å². The maximum absolute atomic E-state index is 12.5. The number of para-hydroxylation sites is 1. The van der Waals surface area contributed by atoms with E-state index in [0.717, 1.165) is 16.7 Å². The first-order valence-corrected chi connectivity index (χ1v) is 9.76. The summed E-state index contributed by atoms with van der Waals surface area (Å²) in [4.78, 5) is 38.7. The lowest BCUT2D eigenvalue weighted by Crippen LogP contribution is -2.31. The summed E-state index contributed by atoms with van der Waals surface area (Å²) < 4.78 is 10.3. The zero-order valence-electron chi connectivity index (χ0n) is 17.7. The van der Waals surface area contributed by atoms with Crippen LogP contribution in [0, 0.1) is 13.8 Å². The molecule has 0 fully saturated rings. The fraction of sp³-hybridized carbons (Fsp3) is 0.208. The summed E-state index contributed by atoms with van der Waals surface area (Å²) in [5, 5.41) is 2.62. The number of esters is 1. The normalized spacial score (nSPS) is 10.4. The van der Waals surface area contributed by atoms with Gasteiger partial charge in [0, 0.05) is 13.6 Å². The Balaban J connectivity index is 1.60. The third-order valence-corrected chi connectivity index (χ3v) is 4.80. The standard InChI is InChI=1S/C24H24N2O5/c1-16-10-11-18(17(2)13-16)14-26(3)22(27)15-31-24(29)19-7-4-5-8-20(19)25-23(28)21-9-6-12-30-21/h4-13H,14-15H2,1-3H3,(H,25,28). The molecule has 0 spiro atoms. The number of anilines is 1. The molecule has 1 N–H and O–H groups in total. The highest BCUT2D eigenvalue weighted by Gasteiger charge is 2.19. The Kier molecular flexibility index (Phi) is 6.87. The lowest BCUT2D eigenvalue weighted by molar-refractivity contribution is -0.133. The number of carbonyl (C=O) groups is 3. The highest BCUT2D eigenvalue weighted by molar-refractivity contribution is 6.06. The van der Waals surface area contributed by atoms with Crippen molar-refractivity contribution in [3.05, 3.63) is 88.9 Å². The second-order valence-corrected chi connectivity index (χ2v) is 7.23. The van der Waals surface area contributed by atoms with E-state index >= 15 is 0 Å². The number of hydrogen-bond acceptors (Lipinski definition) is 5. The van der Waals surface area contributed by atoms with Crippen LogP contribution in [0.5, 0.6) is 0 Å². The number of nitrogens with one attached hydrogen (secondary N) is 1. The molecule has 1 aromatic heterocycles. The first-order chi connectivity index (χ1) is 14.8. The van der Waals surface area contributed by atoms with E-state index < -0.39 is 18.5 Å². The van der Waals surface area contributed by atoms with E-state index in [2.05, 4.69) is 11.4 Å². The molecule has 0 aliphatic carbocycles. The molecule has 0 bridgehead atoms. The molecule has 0 atom stereocenters. The van der Waals surface area contributed by atoms with Gasteiger partial charge in [0.2, 0.25) is 0 Å². The Bertz CT molecular complexity index is 1090. The summed E-state index contributed by atoms with van der Waals surface area (Å²) >= 11 is 0. The van der Waals surface area contributed by atoms with Crippen LogP contribution >= 0.6 is 0 Å². The van der Waals surface area contributed by atoms with Crippen molar-refractivity contribution < 1.29 is 23.5 Å².